The van der Waals surface area contributed by atoms with Crippen molar-refractivity contribution in [3.8, 4) is 11.1 Å². The number of hydrogen-bond donors (Lipinski definition) is 0. The third-order valence-corrected chi connectivity index (χ3v) is 5.44. The van der Waals surface area contributed by atoms with Gasteiger partial charge in [0.05, 0.1) is 5.56 Å². The van der Waals surface area contributed by atoms with Gasteiger partial charge in [-0.2, -0.15) is 24.3 Å². The SMILES string of the molecule is CC1=[C-]C(C)C(C)=C1C.FC(F)(F)c1ccc(-c2c[cH-]c3ccccc23)cc1.[CH3-].[CH3-].[Si]=[Zr]. The summed E-state index contributed by atoms with van der Waals surface area (Å²) in [4.78, 5) is 0. The van der Waals surface area contributed by atoms with Crippen molar-refractivity contribution >= 4 is 17.7 Å². The first kappa shape index (κ1) is 30.4. The van der Waals surface area contributed by atoms with E-state index < -0.39 is 11.7 Å². The molecule has 0 heterocycles. The molecule has 0 spiro atoms. The number of rotatable bonds is 1. The summed E-state index contributed by atoms with van der Waals surface area (Å²) >= 11 is 1.36. The molecular formula is C27H29F3SiZr-4. The number of benzene rings is 2. The van der Waals surface area contributed by atoms with Gasteiger partial charge in [0.15, 0.2) is 0 Å². The number of allylic oxidation sites excluding steroid dienone is 4. The Morgan fingerprint density at radius 1 is 0.938 bits per heavy atom. The van der Waals surface area contributed by atoms with Crippen molar-refractivity contribution in [2.45, 2.75) is 33.9 Å². The van der Waals surface area contributed by atoms with E-state index in [0.717, 1.165) is 34.0 Å². The molecule has 0 N–H and O–H groups in total. The van der Waals surface area contributed by atoms with Crippen LogP contribution in [0.3, 0.4) is 0 Å². The van der Waals surface area contributed by atoms with Crippen LogP contribution >= 0.6 is 0 Å². The van der Waals surface area contributed by atoms with E-state index in [0.29, 0.717) is 5.92 Å². The van der Waals surface area contributed by atoms with Gasteiger partial charge in [0.25, 0.3) is 0 Å². The normalized spacial score (nSPS) is 14.8. The predicted molar refractivity (Wildman–Crippen MR) is 129 cm³/mol. The van der Waals surface area contributed by atoms with E-state index in [1.54, 1.807) is 0 Å². The zero-order valence-electron chi connectivity index (χ0n) is 19.5. The second-order valence-electron chi connectivity index (χ2n) is 7.21. The van der Waals surface area contributed by atoms with Crippen molar-refractivity contribution in [2.75, 3.05) is 0 Å². The zero-order valence-corrected chi connectivity index (χ0v) is 22.9. The molecule has 5 heteroatoms. The van der Waals surface area contributed by atoms with Crippen LogP contribution in [-0.2, 0) is 29.5 Å². The van der Waals surface area contributed by atoms with Gasteiger partial charge in [-0.1, -0.05) is 62.6 Å². The van der Waals surface area contributed by atoms with E-state index in [1.807, 2.05) is 36.4 Å². The zero-order chi connectivity index (χ0) is 22.5. The summed E-state index contributed by atoms with van der Waals surface area (Å²) in [5.41, 5.74) is 5.39. The van der Waals surface area contributed by atoms with Crippen molar-refractivity contribution in [3.63, 3.8) is 0 Å². The van der Waals surface area contributed by atoms with Crippen molar-refractivity contribution in [1.29, 1.82) is 0 Å². The van der Waals surface area contributed by atoms with Crippen LogP contribution in [0.1, 0.15) is 33.3 Å². The molecule has 0 bridgehead atoms. The summed E-state index contributed by atoms with van der Waals surface area (Å²) in [6.07, 6.45) is -0.926. The number of halogens is 3. The molecule has 1 aliphatic carbocycles. The fraction of sp³-hybridized carbons (Fsp3) is 0.222. The molecule has 1 atom stereocenters. The van der Waals surface area contributed by atoms with Gasteiger partial charge in [0, 0.05) is 0 Å². The predicted octanol–water partition coefficient (Wildman–Crippen LogP) is 8.48. The van der Waals surface area contributed by atoms with E-state index in [2.05, 4.69) is 40.7 Å². The topological polar surface area (TPSA) is 0 Å². The summed E-state index contributed by atoms with van der Waals surface area (Å²) in [5.74, 6) is 0.560. The van der Waals surface area contributed by atoms with Crippen LogP contribution in [-0.4, -0.2) is 6.88 Å². The molecular weight excluding hydrogens is 501 g/mol. The molecule has 2 radical (unpaired) electrons. The molecule has 1 aliphatic rings. The minimum absolute atomic E-state index is 0. The first-order valence-corrected chi connectivity index (χ1v) is 13.7. The van der Waals surface area contributed by atoms with Crippen LogP contribution in [0.4, 0.5) is 13.2 Å². The van der Waals surface area contributed by atoms with Crippen LogP contribution in [0.2, 0.25) is 0 Å². The van der Waals surface area contributed by atoms with Crippen LogP contribution in [0.25, 0.3) is 21.9 Å². The monoisotopic (exact) mass is 528 g/mol. The van der Waals surface area contributed by atoms with E-state index in [4.69, 9.17) is 0 Å². The van der Waals surface area contributed by atoms with Gasteiger partial charge in [0.2, 0.25) is 0 Å². The summed E-state index contributed by atoms with van der Waals surface area (Å²) in [5, 5.41) is 2.15. The Morgan fingerprint density at radius 3 is 1.94 bits per heavy atom. The van der Waals surface area contributed by atoms with Crippen LogP contribution < -0.4 is 0 Å². The maximum absolute atomic E-state index is 12.5. The summed E-state index contributed by atoms with van der Waals surface area (Å²) in [6, 6.07) is 17.0. The van der Waals surface area contributed by atoms with Gasteiger partial charge in [-0.15, -0.1) is 53.6 Å². The standard InChI is InChI=1S/C16H10F3.C9H13.2CH3.Si.Zr/c17-16(18,19)13-8-5-12(6-9-13)15-10-7-11-3-1-2-4-14(11)15;1-6-5-7(2)9(4)8(6)3;;;;/h1-10H;6H,1-4H3;2*1H3;;/q4*-1;;. The molecule has 1 unspecified atom stereocenters. The minimum atomic E-state index is -4.29. The van der Waals surface area contributed by atoms with Gasteiger partial charge in [-0.3, -0.25) is 6.08 Å². The van der Waals surface area contributed by atoms with Gasteiger partial charge < -0.3 is 14.9 Å². The molecule has 170 valence electrons. The number of fused-ring (bicyclic) bond motifs is 1. The molecule has 0 amide bonds. The fourth-order valence-corrected chi connectivity index (χ4v) is 3.40. The third-order valence-electron chi connectivity index (χ3n) is 5.44. The first-order valence-electron chi connectivity index (χ1n) is 9.53. The molecule has 3 aromatic rings. The fourth-order valence-electron chi connectivity index (χ4n) is 3.40. The Kier molecular flexibility index (Phi) is 12.6. The molecule has 3 aromatic carbocycles. The van der Waals surface area contributed by atoms with Gasteiger partial charge >= 0.3 is 36.4 Å². The molecule has 0 nitrogen and oxygen atoms in total. The van der Waals surface area contributed by atoms with Crippen LogP contribution in [0.5, 0.6) is 0 Å². The molecule has 0 fully saturated rings. The van der Waals surface area contributed by atoms with E-state index in [9.17, 15) is 13.2 Å². The molecule has 0 aliphatic heterocycles. The van der Waals surface area contributed by atoms with Crippen LogP contribution in [0.15, 0.2) is 77.4 Å². The average Bonchev–Trinajstić information content (AvgIpc) is 3.26. The summed E-state index contributed by atoms with van der Waals surface area (Å²) in [6.45, 7) is 11.7. The number of alkyl halides is 3. The quantitative estimate of drug-likeness (QED) is 0.219. The molecule has 4 rings (SSSR count). The summed E-state index contributed by atoms with van der Waals surface area (Å²) in [7, 11) is 0. The Balaban J connectivity index is 0.000000632. The summed E-state index contributed by atoms with van der Waals surface area (Å²) < 4.78 is 37.5. The molecule has 32 heavy (non-hydrogen) atoms. The molecule has 0 aromatic heterocycles. The van der Waals surface area contributed by atoms with Gasteiger partial charge in [-0.25, -0.2) is 5.57 Å². The van der Waals surface area contributed by atoms with Crippen molar-refractivity contribution in [1.82, 2.24) is 0 Å². The second-order valence-corrected chi connectivity index (χ2v) is 7.21. The van der Waals surface area contributed by atoms with Gasteiger partial charge in [-0.05, 0) is 0 Å². The Bertz CT molecular complexity index is 1060. The van der Waals surface area contributed by atoms with Crippen molar-refractivity contribution < 1.29 is 36.5 Å². The van der Waals surface area contributed by atoms with Crippen molar-refractivity contribution in [3.05, 3.63) is 104 Å². The molecule has 0 saturated heterocycles. The Labute approximate surface area is 208 Å². The van der Waals surface area contributed by atoms with E-state index in [1.165, 1.54) is 52.2 Å². The maximum atomic E-state index is 12.5. The van der Waals surface area contributed by atoms with Crippen molar-refractivity contribution in [2.24, 2.45) is 5.92 Å². The second kappa shape index (κ2) is 13.2. The first-order chi connectivity index (χ1) is 14.2. The van der Waals surface area contributed by atoms with E-state index in [-0.39, 0.29) is 14.9 Å². The Morgan fingerprint density at radius 2 is 1.50 bits per heavy atom. The molecule has 0 saturated carbocycles. The van der Waals surface area contributed by atoms with E-state index >= 15 is 0 Å². The number of hydrogen-bond acceptors (Lipinski definition) is 0. The van der Waals surface area contributed by atoms with Crippen LogP contribution in [0, 0.1) is 26.8 Å². The third kappa shape index (κ3) is 7.22. The van der Waals surface area contributed by atoms with Gasteiger partial charge in [0.1, 0.15) is 0 Å². The average molecular weight is 530 g/mol. The Hall–Kier alpha value is -1.58.